The number of fused-ring (bicyclic) bond motifs is 1. The number of aliphatic carboxylic acids is 1. The molecule has 1 fully saturated rings. The van der Waals surface area contributed by atoms with Gasteiger partial charge in [-0.05, 0) is 25.3 Å². The van der Waals surface area contributed by atoms with Gasteiger partial charge in [-0.15, -0.1) is 11.8 Å². The first-order chi connectivity index (χ1) is 12.2. The summed E-state index contributed by atoms with van der Waals surface area (Å²) < 4.78 is -0.888. The summed E-state index contributed by atoms with van der Waals surface area (Å²) in [5, 5.41) is 10.3. The van der Waals surface area contributed by atoms with Gasteiger partial charge in [0.05, 0.1) is 10.9 Å². The second kappa shape index (κ2) is 6.74. The lowest BCUT2D eigenvalue weighted by Gasteiger charge is -2.30. The summed E-state index contributed by atoms with van der Waals surface area (Å²) in [6.45, 7) is 3.35. The molecule has 1 saturated heterocycles. The van der Waals surface area contributed by atoms with Gasteiger partial charge >= 0.3 is 5.97 Å². The van der Waals surface area contributed by atoms with Crippen molar-refractivity contribution in [3.05, 3.63) is 42.5 Å². The number of hydrogen-bond donors (Lipinski definition) is 2. The Morgan fingerprint density at radius 3 is 2.58 bits per heavy atom. The number of carboxylic acid groups (broad SMARTS) is 1. The van der Waals surface area contributed by atoms with E-state index in [1.807, 2.05) is 36.4 Å². The molecule has 0 bridgehead atoms. The van der Waals surface area contributed by atoms with E-state index in [0.29, 0.717) is 5.69 Å². The van der Waals surface area contributed by atoms with E-state index >= 15 is 0 Å². The number of carbonyl (C=O) groups excluding carboxylic acids is 2. The zero-order chi connectivity index (χ0) is 19.1. The average molecular weight is 372 g/mol. The summed E-state index contributed by atoms with van der Waals surface area (Å²) in [6.07, 6.45) is 0.0302. The molecule has 26 heavy (non-hydrogen) atoms. The average Bonchev–Trinajstić information content (AvgIpc) is 2.86. The van der Waals surface area contributed by atoms with E-state index in [9.17, 15) is 14.4 Å². The zero-order valence-electron chi connectivity index (χ0n) is 14.5. The maximum Gasteiger partial charge on any atom is 0.321 e. The van der Waals surface area contributed by atoms with E-state index in [1.54, 1.807) is 19.9 Å². The molecule has 0 aromatic heterocycles. The van der Waals surface area contributed by atoms with Crippen LogP contribution in [0.15, 0.2) is 42.5 Å². The lowest BCUT2D eigenvalue weighted by molar-refractivity contribution is -0.139. The Morgan fingerprint density at radius 2 is 1.88 bits per heavy atom. The summed E-state index contributed by atoms with van der Waals surface area (Å²) in [4.78, 5) is 37.9. The third-order valence-corrected chi connectivity index (χ3v) is 6.09. The Balaban J connectivity index is 1.91. The summed E-state index contributed by atoms with van der Waals surface area (Å²) in [5.41, 5.74) is 6.30. The minimum Gasteiger partial charge on any atom is -0.480 e. The van der Waals surface area contributed by atoms with Gasteiger partial charge in [0, 0.05) is 16.6 Å². The molecule has 1 heterocycles. The lowest BCUT2D eigenvalue weighted by atomic mass is 10.1. The van der Waals surface area contributed by atoms with Crippen molar-refractivity contribution in [2.45, 2.75) is 36.3 Å². The van der Waals surface area contributed by atoms with E-state index in [2.05, 4.69) is 0 Å². The molecule has 6 nitrogen and oxygen atoms in total. The number of hydrogen-bond acceptors (Lipinski definition) is 5. The van der Waals surface area contributed by atoms with E-state index < -0.39 is 22.0 Å². The van der Waals surface area contributed by atoms with Crippen molar-refractivity contribution < 1.29 is 19.5 Å². The van der Waals surface area contributed by atoms with Crippen LogP contribution in [-0.4, -0.2) is 38.9 Å². The third-order valence-electron chi connectivity index (χ3n) is 4.57. The van der Waals surface area contributed by atoms with Crippen molar-refractivity contribution in [2.24, 2.45) is 5.73 Å². The molecule has 0 saturated carbocycles. The summed E-state index contributed by atoms with van der Waals surface area (Å²) >= 11 is 1.14. The minimum absolute atomic E-state index is 0.0302. The summed E-state index contributed by atoms with van der Waals surface area (Å²) in [5.74, 6) is -1.75. The second-order valence-electron chi connectivity index (χ2n) is 6.80. The predicted octanol–water partition coefficient (Wildman–Crippen LogP) is 2.40. The first-order valence-electron chi connectivity index (χ1n) is 8.23. The van der Waals surface area contributed by atoms with Gasteiger partial charge < -0.3 is 10.8 Å². The molecule has 2 aromatic carbocycles. The van der Waals surface area contributed by atoms with Crippen LogP contribution in [0.2, 0.25) is 0 Å². The Hall–Kier alpha value is -2.38. The molecule has 1 aliphatic rings. The van der Waals surface area contributed by atoms with Gasteiger partial charge in [0.25, 0.3) is 0 Å². The lowest BCUT2D eigenvalue weighted by Crippen LogP contribution is -2.48. The van der Waals surface area contributed by atoms with Gasteiger partial charge in [-0.1, -0.05) is 36.4 Å². The van der Waals surface area contributed by atoms with Crippen molar-refractivity contribution in [1.82, 2.24) is 0 Å². The van der Waals surface area contributed by atoms with Crippen molar-refractivity contribution >= 4 is 46.0 Å². The van der Waals surface area contributed by atoms with Crippen LogP contribution >= 0.6 is 11.8 Å². The molecule has 2 amide bonds. The predicted molar refractivity (Wildman–Crippen MR) is 102 cm³/mol. The topological polar surface area (TPSA) is 101 Å². The summed E-state index contributed by atoms with van der Waals surface area (Å²) in [6, 6.07) is 11.9. The van der Waals surface area contributed by atoms with E-state index in [0.717, 1.165) is 22.5 Å². The fourth-order valence-corrected chi connectivity index (χ4v) is 4.50. The second-order valence-corrected chi connectivity index (χ2v) is 8.65. The van der Waals surface area contributed by atoms with E-state index in [1.165, 1.54) is 4.90 Å². The minimum atomic E-state index is -1.14. The first kappa shape index (κ1) is 18.4. The largest absolute Gasteiger partial charge is 0.480 e. The van der Waals surface area contributed by atoms with Crippen LogP contribution < -0.4 is 10.6 Å². The monoisotopic (exact) mass is 372 g/mol. The highest BCUT2D eigenvalue weighted by Crippen LogP contribution is 2.39. The molecule has 0 aliphatic carbocycles. The number of anilines is 1. The van der Waals surface area contributed by atoms with Gasteiger partial charge in [-0.3, -0.25) is 14.4 Å². The molecule has 2 atom stereocenters. The fourth-order valence-electron chi connectivity index (χ4n) is 3.09. The quantitative estimate of drug-likeness (QED) is 0.782. The van der Waals surface area contributed by atoms with Gasteiger partial charge in [-0.25, -0.2) is 4.90 Å². The van der Waals surface area contributed by atoms with Gasteiger partial charge in [-0.2, -0.15) is 0 Å². The molecule has 0 radical (unpaired) electrons. The number of nitrogens with zero attached hydrogens (tertiary/aromatic N) is 1. The van der Waals surface area contributed by atoms with Crippen molar-refractivity contribution in [2.75, 3.05) is 4.90 Å². The van der Waals surface area contributed by atoms with Crippen molar-refractivity contribution in [1.29, 1.82) is 0 Å². The van der Waals surface area contributed by atoms with Crippen molar-refractivity contribution in [3.8, 4) is 0 Å². The van der Waals surface area contributed by atoms with E-state index in [-0.39, 0.29) is 18.2 Å². The SMILES string of the molecule is CC(C)(S[C@@H]1CC(=O)N(c2cccc3ccccc23)C1=O)[C@H](N)C(=O)O. The molecule has 136 valence electrons. The smallest absolute Gasteiger partial charge is 0.321 e. The molecule has 0 unspecified atom stereocenters. The maximum absolute atomic E-state index is 12.9. The number of amides is 2. The molecule has 7 heteroatoms. The summed E-state index contributed by atoms with van der Waals surface area (Å²) in [7, 11) is 0. The molecule has 3 rings (SSSR count). The molecule has 0 spiro atoms. The molecule has 1 aliphatic heterocycles. The number of benzene rings is 2. The number of carbonyl (C=O) groups is 3. The molecular weight excluding hydrogens is 352 g/mol. The third kappa shape index (κ3) is 3.20. The molecular formula is C19H20N2O4S. The maximum atomic E-state index is 12.9. The van der Waals surface area contributed by atoms with Crippen LogP contribution in [0, 0.1) is 0 Å². The molecule has 2 aromatic rings. The highest BCUT2D eigenvalue weighted by atomic mass is 32.2. The van der Waals surface area contributed by atoms with Gasteiger partial charge in [0.15, 0.2) is 0 Å². The van der Waals surface area contributed by atoms with Gasteiger partial charge in [0.2, 0.25) is 11.8 Å². The van der Waals surface area contributed by atoms with Crippen LogP contribution in [0.3, 0.4) is 0 Å². The number of nitrogens with two attached hydrogens (primary N) is 1. The van der Waals surface area contributed by atoms with Crippen LogP contribution in [0.25, 0.3) is 10.8 Å². The first-order valence-corrected chi connectivity index (χ1v) is 9.11. The standard InChI is InChI=1S/C19H20N2O4S/c1-19(2,16(20)18(24)25)26-14-10-15(22)21(17(14)23)13-9-5-7-11-6-3-4-8-12(11)13/h3-9,14,16H,10,20H2,1-2H3,(H,24,25)/t14-,16-/m1/s1. The Labute approximate surface area is 155 Å². The number of carboxylic acids is 1. The number of imide groups is 1. The Morgan fingerprint density at radius 1 is 1.23 bits per heavy atom. The van der Waals surface area contributed by atoms with Gasteiger partial charge in [0.1, 0.15) is 6.04 Å². The highest BCUT2D eigenvalue weighted by Gasteiger charge is 2.45. The van der Waals surface area contributed by atoms with Crippen LogP contribution in [0.1, 0.15) is 20.3 Å². The fraction of sp³-hybridized carbons (Fsp3) is 0.316. The number of thioether (sulfide) groups is 1. The Bertz CT molecular complexity index is 891. The molecule has 3 N–H and O–H groups in total. The highest BCUT2D eigenvalue weighted by molar-refractivity contribution is 8.02. The van der Waals surface area contributed by atoms with Crippen molar-refractivity contribution in [3.63, 3.8) is 0 Å². The van der Waals surface area contributed by atoms with Crippen LogP contribution in [0.4, 0.5) is 5.69 Å². The Kier molecular flexibility index (Phi) is 4.77. The zero-order valence-corrected chi connectivity index (χ0v) is 15.3. The number of rotatable bonds is 5. The normalized spacial score (nSPS) is 19.2. The van der Waals surface area contributed by atoms with Crippen LogP contribution in [-0.2, 0) is 14.4 Å². The van der Waals surface area contributed by atoms with E-state index in [4.69, 9.17) is 10.8 Å². The van der Waals surface area contributed by atoms with Crippen LogP contribution in [0.5, 0.6) is 0 Å².